The van der Waals surface area contributed by atoms with E-state index in [0.29, 0.717) is 22.9 Å². The summed E-state index contributed by atoms with van der Waals surface area (Å²) in [6.45, 7) is 0. The van der Waals surface area contributed by atoms with Gasteiger partial charge in [-0.3, -0.25) is 9.89 Å². The third-order valence-corrected chi connectivity index (χ3v) is 3.38. The Morgan fingerprint density at radius 1 is 1.18 bits per heavy atom. The van der Waals surface area contributed by atoms with Gasteiger partial charge in [0.2, 0.25) is 5.89 Å². The second kappa shape index (κ2) is 4.96. The van der Waals surface area contributed by atoms with E-state index >= 15 is 0 Å². The summed E-state index contributed by atoms with van der Waals surface area (Å²) in [7, 11) is 0. The highest BCUT2D eigenvalue weighted by Gasteiger charge is 2.12. The number of nitrogens with one attached hydrogen (secondary N) is 2. The van der Waals surface area contributed by atoms with E-state index in [9.17, 15) is 4.79 Å². The fourth-order valence-corrected chi connectivity index (χ4v) is 2.30. The Morgan fingerprint density at radius 2 is 2.09 bits per heavy atom. The van der Waals surface area contributed by atoms with E-state index in [-0.39, 0.29) is 12.0 Å². The molecular formula is C15H11N5O2. The van der Waals surface area contributed by atoms with Crippen molar-refractivity contribution in [3.8, 4) is 11.5 Å². The molecule has 0 aliphatic heterocycles. The molecule has 0 spiro atoms. The van der Waals surface area contributed by atoms with Gasteiger partial charge in [0, 0.05) is 17.3 Å². The standard InChI is InChI=1S/C15H11N5O2/c21-14-10(5-9-3-1-2-4-12(9)18-14)6-13-19-20-15(22-13)11-7-16-17-8-11/h1-5,7-8H,6H2,(H,16,17)(H,18,21). The number of H-pyrrole nitrogens is 2. The van der Waals surface area contributed by atoms with Crippen LogP contribution in [-0.4, -0.2) is 25.4 Å². The third-order valence-electron chi connectivity index (χ3n) is 3.38. The Kier molecular flexibility index (Phi) is 2.82. The molecule has 0 aliphatic carbocycles. The van der Waals surface area contributed by atoms with Gasteiger partial charge in [0.1, 0.15) is 0 Å². The number of aromatic amines is 2. The average molecular weight is 293 g/mol. The van der Waals surface area contributed by atoms with Crippen LogP contribution < -0.4 is 5.56 Å². The summed E-state index contributed by atoms with van der Waals surface area (Å²) in [5, 5.41) is 15.4. The summed E-state index contributed by atoms with van der Waals surface area (Å²) in [6.07, 6.45) is 3.55. The first kappa shape index (κ1) is 12.5. The van der Waals surface area contributed by atoms with E-state index in [1.807, 2.05) is 30.3 Å². The third kappa shape index (κ3) is 2.18. The molecule has 0 fully saturated rings. The largest absolute Gasteiger partial charge is 0.420 e. The molecular weight excluding hydrogens is 282 g/mol. The number of fused-ring (bicyclic) bond motifs is 1. The molecule has 22 heavy (non-hydrogen) atoms. The first-order valence-electron chi connectivity index (χ1n) is 6.72. The molecule has 7 nitrogen and oxygen atoms in total. The van der Waals surface area contributed by atoms with Crippen LogP contribution in [-0.2, 0) is 6.42 Å². The summed E-state index contributed by atoms with van der Waals surface area (Å²) < 4.78 is 5.56. The topological polar surface area (TPSA) is 100 Å². The highest BCUT2D eigenvalue weighted by Crippen LogP contribution is 2.17. The van der Waals surface area contributed by atoms with Gasteiger partial charge in [-0.1, -0.05) is 18.2 Å². The summed E-state index contributed by atoms with van der Waals surface area (Å²) >= 11 is 0. The van der Waals surface area contributed by atoms with Crippen molar-refractivity contribution in [1.82, 2.24) is 25.4 Å². The molecule has 0 atom stereocenters. The van der Waals surface area contributed by atoms with Crippen molar-refractivity contribution in [1.29, 1.82) is 0 Å². The molecule has 0 aliphatic rings. The lowest BCUT2D eigenvalue weighted by Crippen LogP contribution is -2.12. The van der Waals surface area contributed by atoms with Gasteiger partial charge in [0.25, 0.3) is 11.4 Å². The van der Waals surface area contributed by atoms with Crippen molar-refractivity contribution in [3.05, 3.63) is 64.5 Å². The number of aromatic nitrogens is 5. The smallest absolute Gasteiger partial charge is 0.252 e. The monoisotopic (exact) mass is 293 g/mol. The molecule has 0 bridgehead atoms. The number of rotatable bonds is 3. The van der Waals surface area contributed by atoms with Crippen LogP contribution >= 0.6 is 0 Å². The van der Waals surface area contributed by atoms with Crippen molar-refractivity contribution in [2.45, 2.75) is 6.42 Å². The fourth-order valence-electron chi connectivity index (χ4n) is 2.30. The number of para-hydroxylation sites is 1. The minimum Gasteiger partial charge on any atom is -0.420 e. The van der Waals surface area contributed by atoms with Crippen molar-refractivity contribution >= 4 is 10.9 Å². The zero-order valence-corrected chi connectivity index (χ0v) is 11.4. The quantitative estimate of drug-likeness (QED) is 0.600. The fraction of sp³-hybridized carbons (Fsp3) is 0.0667. The average Bonchev–Trinajstić information content (AvgIpc) is 3.18. The van der Waals surface area contributed by atoms with Gasteiger partial charge in [-0.15, -0.1) is 10.2 Å². The second-order valence-corrected chi connectivity index (χ2v) is 4.88. The maximum Gasteiger partial charge on any atom is 0.252 e. The number of hydrogen-bond acceptors (Lipinski definition) is 5. The first-order valence-corrected chi connectivity index (χ1v) is 6.72. The van der Waals surface area contributed by atoms with Crippen LogP contribution in [0.5, 0.6) is 0 Å². The number of pyridine rings is 1. The van der Waals surface area contributed by atoms with E-state index in [0.717, 1.165) is 10.9 Å². The van der Waals surface area contributed by atoms with Gasteiger partial charge in [-0.25, -0.2) is 0 Å². The van der Waals surface area contributed by atoms with Gasteiger partial charge in [-0.05, 0) is 17.5 Å². The highest BCUT2D eigenvalue weighted by atomic mass is 16.4. The summed E-state index contributed by atoms with van der Waals surface area (Å²) in [4.78, 5) is 15.0. The van der Waals surface area contributed by atoms with E-state index in [2.05, 4.69) is 25.4 Å². The van der Waals surface area contributed by atoms with Crippen LogP contribution in [0.3, 0.4) is 0 Å². The predicted octanol–water partition coefficient (Wildman–Crippen LogP) is 1.89. The summed E-state index contributed by atoms with van der Waals surface area (Å²) in [5.41, 5.74) is 1.95. The molecule has 108 valence electrons. The highest BCUT2D eigenvalue weighted by molar-refractivity contribution is 5.78. The van der Waals surface area contributed by atoms with Crippen molar-refractivity contribution < 1.29 is 4.42 Å². The Bertz CT molecular complexity index is 985. The Hall–Kier alpha value is -3.22. The molecule has 3 heterocycles. The van der Waals surface area contributed by atoms with Gasteiger partial charge in [0.15, 0.2) is 0 Å². The number of benzene rings is 1. The van der Waals surface area contributed by atoms with Crippen molar-refractivity contribution in [2.75, 3.05) is 0 Å². The molecule has 0 unspecified atom stereocenters. The summed E-state index contributed by atoms with van der Waals surface area (Å²) in [6, 6.07) is 9.46. The van der Waals surface area contributed by atoms with Crippen molar-refractivity contribution in [2.24, 2.45) is 0 Å². The Labute approximate surface area is 124 Å². The SMILES string of the molecule is O=c1[nH]c2ccccc2cc1Cc1nnc(-c2cn[nH]c2)o1. The van der Waals surface area contributed by atoms with Gasteiger partial charge < -0.3 is 9.40 Å². The molecule has 2 N–H and O–H groups in total. The molecule has 7 heteroatoms. The van der Waals surface area contributed by atoms with Gasteiger partial charge in [-0.2, -0.15) is 5.10 Å². The van der Waals surface area contributed by atoms with E-state index < -0.39 is 0 Å². The summed E-state index contributed by atoms with van der Waals surface area (Å²) in [5.74, 6) is 0.762. The van der Waals surface area contributed by atoms with Gasteiger partial charge >= 0.3 is 0 Å². The Morgan fingerprint density at radius 3 is 2.95 bits per heavy atom. The lowest BCUT2D eigenvalue weighted by molar-refractivity contribution is 0.517. The minimum atomic E-state index is -0.151. The van der Waals surface area contributed by atoms with Gasteiger partial charge in [0.05, 0.1) is 18.2 Å². The van der Waals surface area contributed by atoms with E-state index in [1.54, 1.807) is 12.4 Å². The second-order valence-electron chi connectivity index (χ2n) is 4.88. The molecule has 0 radical (unpaired) electrons. The first-order chi connectivity index (χ1) is 10.8. The maximum atomic E-state index is 12.1. The zero-order chi connectivity index (χ0) is 14.9. The number of nitrogens with zero attached hydrogens (tertiary/aromatic N) is 3. The lowest BCUT2D eigenvalue weighted by atomic mass is 10.1. The molecule has 3 aromatic heterocycles. The predicted molar refractivity (Wildman–Crippen MR) is 79.3 cm³/mol. The lowest BCUT2D eigenvalue weighted by Gasteiger charge is -2.00. The normalized spacial score (nSPS) is 11.1. The number of hydrogen-bond donors (Lipinski definition) is 2. The van der Waals surface area contributed by atoms with Crippen LogP contribution in [0.2, 0.25) is 0 Å². The molecule has 4 rings (SSSR count). The molecule has 0 saturated heterocycles. The van der Waals surface area contributed by atoms with E-state index in [1.165, 1.54) is 0 Å². The minimum absolute atomic E-state index is 0.151. The maximum absolute atomic E-state index is 12.1. The molecule has 1 aromatic carbocycles. The zero-order valence-electron chi connectivity index (χ0n) is 11.4. The molecule has 4 aromatic rings. The molecule has 0 saturated carbocycles. The Balaban J connectivity index is 1.69. The van der Waals surface area contributed by atoms with Crippen molar-refractivity contribution in [3.63, 3.8) is 0 Å². The van der Waals surface area contributed by atoms with Crippen LogP contribution in [0.4, 0.5) is 0 Å². The van der Waals surface area contributed by atoms with Crippen LogP contribution in [0.15, 0.2) is 51.9 Å². The van der Waals surface area contributed by atoms with E-state index in [4.69, 9.17) is 4.42 Å². The van der Waals surface area contributed by atoms with Crippen LogP contribution in [0, 0.1) is 0 Å². The van der Waals surface area contributed by atoms with Crippen LogP contribution in [0.1, 0.15) is 11.5 Å². The molecule has 0 amide bonds. The van der Waals surface area contributed by atoms with Crippen LogP contribution in [0.25, 0.3) is 22.4 Å².